The molecule has 0 amide bonds. The summed E-state index contributed by atoms with van der Waals surface area (Å²) in [5, 5.41) is 9.60. The first-order chi connectivity index (χ1) is 18.9. The molecule has 39 heavy (non-hydrogen) atoms. The first-order valence-electron chi connectivity index (χ1n) is 13.3. The minimum absolute atomic E-state index is 0.307. The molecule has 6 nitrogen and oxygen atoms in total. The Hall–Kier alpha value is -4.71. The molecule has 6 heteroatoms. The third-order valence-electron chi connectivity index (χ3n) is 7.35. The number of aromatic nitrogens is 4. The van der Waals surface area contributed by atoms with Crippen LogP contribution in [0.4, 0.5) is 0 Å². The second-order valence-electron chi connectivity index (χ2n) is 10.1. The van der Waals surface area contributed by atoms with Crippen LogP contribution in [0.2, 0.25) is 0 Å². The number of carboxylic acids is 1. The Bertz CT molecular complexity index is 1840. The molecule has 0 aliphatic carbocycles. The minimum Gasteiger partial charge on any atom is -0.478 e. The van der Waals surface area contributed by atoms with E-state index in [4.69, 9.17) is 9.97 Å². The van der Waals surface area contributed by atoms with E-state index in [1.807, 2.05) is 36.4 Å². The van der Waals surface area contributed by atoms with Gasteiger partial charge in [0.1, 0.15) is 11.5 Å². The molecule has 0 bridgehead atoms. The average molecular weight is 515 g/mol. The molecule has 0 radical (unpaired) electrons. The predicted octanol–water partition coefficient (Wildman–Crippen LogP) is 7.33. The van der Waals surface area contributed by atoms with Crippen molar-refractivity contribution in [2.24, 2.45) is 0 Å². The van der Waals surface area contributed by atoms with E-state index in [1.165, 1.54) is 0 Å². The molecule has 194 valence electrons. The number of carboxylic acid groups (broad SMARTS) is 1. The van der Waals surface area contributed by atoms with Crippen molar-refractivity contribution in [3.8, 4) is 22.4 Å². The van der Waals surface area contributed by atoms with Crippen LogP contribution in [0, 0.1) is 13.8 Å². The Balaban J connectivity index is 1.41. The highest BCUT2D eigenvalue weighted by molar-refractivity contribution is 5.96. The molecule has 3 heterocycles. The van der Waals surface area contributed by atoms with Crippen molar-refractivity contribution in [1.29, 1.82) is 0 Å². The lowest BCUT2D eigenvalue weighted by atomic mass is 9.98. The Morgan fingerprint density at radius 2 is 1.69 bits per heavy atom. The maximum atomic E-state index is 11.7. The summed E-state index contributed by atoms with van der Waals surface area (Å²) < 4.78 is 4.44. The van der Waals surface area contributed by atoms with Crippen LogP contribution < -0.4 is 0 Å². The lowest BCUT2D eigenvalue weighted by molar-refractivity contribution is 0.0697. The summed E-state index contributed by atoms with van der Waals surface area (Å²) in [5.74, 6) is 0.148. The number of carbonyl (C=O) groups is 1. The summed E-state index contributed by atoms with van der Waals surface area (Å²) in [7, 11) is 0. The normalized spacial score (nSPS) is 11.5. The molecule has 0 unspecified atom stereocenters. The van der Waals surface area contributed by atoms with E-state index in [0.717, 1.165) is 74.6 Å². The monoisotopic (exact) mass is 514 g/mol. The number of hydrogen-bond donors (Lipinski definition) is 1. The maximum Gasteiger partial charge on any atom is 0.336 e. The van der Waals surface area contributed by atoms with E-state index in [-0.39, 0.29) is 0 Å². The standard InChI is InChI=1S/C33H30N4O2/c1-4-8-30-35-32-21(2)17-25(28-20-36-22(3)9-7-12-31(36)34-28)18-29(32)37(30)19-23-13-15-24(16-14-23)26-10-5-6-11-27(26)33(38)39/h5-7,9-18,20H,4,8,19H2,1-3H3,(H,38,39). The van der Waals surface area contributed by atoms with Gasteiger partial charge in [-0.1, -0.05) is 55.5 Å². The zero-order valence-corrected chi connectivity index (χ0v) is 22.3. The third-order valence-corrected chi connectivity index (χ3v) is 7.35. The lowest BCUT2D eigenvalue weighted by Gasteiger charge is -2.12. The molecule has 0 aliphatic rings. The van der Waals surface area contributed by atoms with Crippen LogP contribution in [-0.2, 0) is 13.0 Å². The molecule has 3 aromatic carbocycles. The predicted molar refractivity (Wildman–Crippen MR) is 155 cm³/mol. The summed E-state index contributed by atoms with van der Waals surface area (Å²) in [5.41, 5.74) is 10.4. The van der Waals surface area contributed by atoms with E-state index in [0.29, 0.717) is 12.1 Å². The van der Waals surface area contributed by atoms with Gasteiger partial charge in [-0.15, -0.1) is 0 Å². The zero-order chi connectivity index (χ0) is 27.1. The van der Waals surface area contributed by atoms with Crippen molar-refractivity contribution in [3.05, 3.63) is 113 Å². The quantitative estimate of drug-likeness (QED) is 0.242. The van der Waals surface area contributed by atoms with Crippen LogP contribution in [0.3, 0.4) is 0 Å². The van der Waals surface area contributed by atoms with Crippen LogP contribution in [0.5, 0.6) is 0 Å². The zero-order valence-electron chi connectivity index (χ0n) is 22.3. The number of nitrogens with zero attached hydrogens (tertiary/aromatic N) is 4. The summed E-state index contributed by atoms with van der Waals surface area (Å²) in [6, 6.07) is 25.8. The van der Waals surface area contributed by atoms with Crippen molar-refractivity contribution in [2.75, 3.05) is 0 Å². The van der Waals surface area contributed by atoms with Crippen molar-refractivity contribution < 1.29 is 9.90 Å². The molecule has 1 N–H and O–H groups in total. The molecular weight excluding hydrogens is 484 g/mol. The number of aryl methyl sites for hydroxylation is 3. The fourth-order valence-electron chi connectivity index (χ4n) is 5.36. The largest absolute Gasteiger partial charge is 0.478 e. The van der Waals surface area contributed by atoms with Crippen molar-refractivity contribution >= 4 is 22.6 Å². The summed E-state index contributed by atoms with van der Waals surface area (Å²) in [6.45, 7) is 7.06. The Labute approximate surface area is 227 Å². The van der Waals surface area contributed by atoms with Crippen LogP contribution >= 0.6 is 0 Å². The van der Waals surface area contributed by atoms with Gasteiger partial charge in [-0.25, -0.2) is 14.8 Å². The molecular formula is C33H30N4O2. The van der Waals surface area contributed by atoms with E-state index in [2.05, 4.69) is 66.3 Å². The second-order valence-corrected chi connectivity index (χ2v) is 10.1. The summed E-state index contributed by atoms with van der Waals surface area (Å²) in [4.78, 5) is 21.7. The molecule has 0 saturated carbocycles. The van der Waals surface area contributed by atoms with Gasteiger partial charge in [0, 0.05) is 30.4 Å². The number of aromatic carboxylic acids is 1. The van der Waals surface area contributed by atoms with Gasteiger partial charge in [-0.2, -0.15) is 0 Å². The molecule has 0 aliphatic heterocycles. The van der Waals surface area contributed by atoms with Gasteiger partial charge in [0.05, 0.1) is 22.3 Å². The highest BCUT2D eigenvalue weighted by Gasteiger charge is 2.16. The Morgan fingerprint density at radius 1 is 0.897 bits per heavy atom. The van der Waals surface area contributed by atoms with Crippen molar-refractivity contribution in [3.63, 3.8) is 0 Å². The molecule has 0 atom stereocenters. The number of pyridine rings is 1. The lowest BCUT2D eigenvalue weighted by Crippen LogP contribution is -2.05. The first kappa shape index (κ1) is 24.6. The smallest absolute Gasteiger partial charge is 0.336 e. The van der Waals surface area contributed by atoms with Gasteiger partial charge in [-0.05, 0) is 72.9 Å². The Morgan fingerprint density at radius 3 is 2.44 bits per heavy atom. The summed E-state index contributed by atoms with van der Waals surface area (Å²) >= 11 is 0. The van der Waals surface area contributed by atoms with E-state index in [1.54, 1.807) is 12.1 Å². The number of fused-ring (bicyclic) bond motifs is 2. The van der Waals surface area contributed by atoms with Gasteiger partial charge < -0.3 is 14.1 Å². The molecule has 0 fully saturated rings. The number of imidazole rings is 2. The molecule has 0 saturated heterocycles. The first-order valence-corrected chi connectivity index (χ1v) is 13.3. The number of benzene rings is 3. The highest BCUT2D eigenvalue weighted by atomic mass is 16.4. The van der Waals surface area contributed by atoms with E-state index >= 15 is 0 Å². The molecule has 0 spiro atoms. The topological polar surface area (TPSA) is 72.4 Å². The van der Waals surface area contributed by atoms with Crippen molar-refractivity contribution in [1.82, 2.24) is 18.9 Å². The fraction of sp³-hybridized carbons (Fsp3) is 0.182. The van der Waals surface area contributed by atoms with Crippen LogP contribution in [0.15, 0.2) is 85.1 Å². The van der Waals surface area contributed by atoms with Gasteiger partial charge in [0.25, 0.3) is 0 Å². The van der Waals surface area contributed by atoms with Gasteiger partial charge in [-0.3, -0.25) is 0 Å². The minimum atomic E-state index is -0.921. The van der Waals surface area contributed by atoms with Gasteiger partial charge >= 0.3 is 5.97 Å². The SMILES string of the molecule is CCCc1nc2c(C)cc(-c3cn4c(C)cccc4n3)cc2n1Cc1ccc(-c2ccccc2C(=O)O)cc1. The van der Waals surface area contributed by atoms with E-state index in [9.17, 15) is 9.90 Å². The van der Waals surface area contributed by atoms with Gasteiger partial charge in [0.15, 0.2) is 0 Å². The van der Waals surface area contributed by atoms with Crippen LogP contribution in [0.1, 0.15) is 46.3 Å². The van der Waals surface area contributed by atoms with Crippen LogP contribution in [-0.4, -0.2) is 30.0 Å². The molecule has 6 aromatic rings. The molecule has 3 aromatic heterocycles. The average Bonchev–Trinajstić information content (AvgIpc) is 3.53. The molecule has 6 rings (SSSR count). The number of rotatable bonds is 7. The third kappa shape index (κ3) is 4.48. The van der Waals surface area contributed by atoms with Crippen LogP contribution in [0.25, 0.3) is 39.1 Å². The highest BCUT2D eigenvalue weighted by Crippen LogP contribution is 2.30. The number of hydrogen-bond acceptors (Lipinski definition) is 3. The fourth-order valence-corrected chi connectivity index (χ4v) is 5.36. The van der Waals surface area contributed by atoms with Gasteiger partial charge in [0.2, 0.25) is 0 Å². The maximum absolute atomic E-state index is 11.7. The Kier molecular flexibility index (Phi) is 6.23. The second kappa shape index (κ2) is 9.87. The van der Waals surface area contributed by atoms with Crippen molar-refractivity contribution in [2.45, 2.75) is 40.2 Å². The summed E-state index contributed by atoms with van der Waals surface area (Å²) in [6.07, 6.45) is 4.00. The van der Waals surface area contributed by atoms with E-state index < -0.39 is 5.97 Å².